The van der Waals surface area contributed by atoms with Gasteiger partial charge in [-0.15, -0.1) is 0 Å². The number of ketones is 1. The number of benzene rings is 2. The van der Waals surface area contributed by atoms with Gasteiger partial charge in [-0.3, -0.25) is 9.59 Å². The minimum absolute atomic E-state index is 0.0723. The van der Waals surface area contributed by atoms with E-state index in [1.807, 2.05) is 56.3 Å². The summed E-state index contributed by atoms with van der Waals surface area (Å²) in [6.45, 7) is 4.35. The predicted molar refractivity (Wildman–Crippen MR) is 106 cm³/mol. The Bertz CT molecular complexity index is 1080. The number of aliphatic hydroxyl groups excluding tert-OH is 1. The van der Waals surface area contributed by atoms with Crippen molar-refractivity contribution in [3.05, 3.63) is 82.8 Å². The van der Waals surface area contributed by atoms with Gasteiger partial charge >= 0.3 is 0 Å². The molecule has 0 fully saturated rings. The summed E-state index contributed by atoms with van der Waals surface area (Å²) in [5.74, 6) is -1.36. The van der Waals surface area contributed by atoms with Crippen LogP contribution in [0.15, 0.2) is 70.3 Å². The van der Waals surface area contributed by atoms with E-state index in [4.69, 9.17) is 4.42 Å². The molecule has 1 amide bonds. The van der Waals surface area contributed by atoms with Crippen LogP contribution in [0.1, 0.15) is 41.1 Å². The monoisotopic (exact) mass is 375 g/mol. The molecule has 5 heteroatoms. The van der Waals surface area contributed by atoms with Crippen LogP contribution in [-0.4, -0.2) is 28.2 Å². The number of fused-ring (bicyclic) bond motifs is 1. The maximum Gasteiger partial charge on any atom is 0.290 e. The van der Waals surface area contributed by atoms with Crippen LogP contribution in [0.4, 0.5) is 0 Å². The van der Waals surface area contributed by atoms with Crippen molar-refractivity contribution in [3.63, 3.8) is 0 Å². The largest absolute Gasteiger partial charge is 0.503 e. The van der Waals surface area contributed by atoms with Gasteiger partial charge in [-0.05, 0) is 31.0 Å². The third-order valence-electron chi connectivity index (χ3n) is 5.02. The van der Waals surface area contributed by atoms with Crippen molar-refractivity contribution in [2.75, 3.05) is 6.54 Å². The van der Waals surface area contributed by atoms with Gasteiger partial charge in [0.25, 0.3) is 5.91 Å². The van der Waals surface area contributed by atoms with Gasteiger partial charge in [0.2, 0.25) is 5.78 Å². The predicted octanol–water partition coefficient (Wildman–Crippen LogP) is 4.73. The first-order valence-corrected chi connectivity index (χ1v) is 9.35. The molecule has 4 rings (SSSR count). The molecule has 3 aromatic rings. The van der Waals surface area contributed by atoms with Crippen LogP contribution in [0.5, 0.6) is 0 Å². The van der Waals surface area contributed by atoms with Gasteiger partial charge in [-0.1, -0.05) is 55.0 Å². The average Bonchev–Trinajstić information content (AvgIpc) is 3.22. The topological polar surface area (TPSA) is 70.8 Å². The van der Waals surface area contributed by atoms with E-state index in [0.717, 1.165) is 16.5 Å². The summed E-state index contributed by atoms with van der Waals surface area (Å²) in [7, 11) is 0. The van der Waals surface area contributed by atoms with E-state index in [-0.39, 0.29) is 11.3 Å². The van der Waals surface area contributed by atoms with Gasteiger partial charge in [0.05, 0.1) is 11.6 Å². The molecule has 1 unspecified atom stereocenters. The van der Waals surface area contributed by atoms with Crippen LogP contribution in [0.2, 0.25) is 0 Å². The molecule has 2 heterocycles. The first-order chi connectivity index (χ1) is 13.5. The number of hydrogen-bond donors (Lipinski definition) is 1. The van der Waals surface area contributed by atoms with E-state index in [0.29, 0.717) is 18.5 Å². The number of nitrogens with zero attached hydrogens (tertiary/aromatic N) is 1. The minimum atomic E-state index is -0.631. The quantitative estimate of drug-likeness (QED) is 0.655. The Hall–Kier alpha value is -3.34. The van der Waals surface area contributed by atoms with Crippen LogP contribution in [0.3, 0.4) is 0 Å². The summed E-state index contributed by atoms with van der Waals surface area (Å²) >= 11 is 0. The maximum atomic E-state index is 13.3. The number of para-hydroxylation sites is 1. The van der Waals surface area contributed by atoms with Gasteiger partial charge < -0.3 is 14.4 Å². The van der Waals surface area contributed by atoms with Gasteiger partial charge in [0.1, 0.15) is 5.58 Å². The number of amides is 1. The van der Waals surface area contributed by atoms with Crippen molar-refractivity contribution in [2.45, 2.75) is 26.3 Å². The third kappa shape index (κ3) is 2.89. The summed E-state index contributed by atoms with van der Waals surface area (Å²) in [5, 5.41) is 11.4. The van der Waals surface area contributed by atoms with Gasteiger partial charge in [0.15, 0.2) is 11.5 Å². The fourth-order valence-electron chi connectivity index (χ4n) is 3.77. The highest BCUT2D eigenvalue weighted by molar-refractivity contribution is 6.16. The highest BCUT2D eigenvalue weighted by Crippen LogP contribution is 2.39. The smallest absolute Gasteiger partial charge is 0.290 e. The SMILES string of the molecule is CCCN1C(=O)C(O)=C(C(=O)c2cc3ccccc3o2)C1c1cccc(C)c1. The summed E-state index contributed by atoms with van der Waals surface area (Å²) in [5.41, 5.74) is 2.48. The van der Waals surface area contributed by atoms with Crippen molar-refractivity contribution >= 4 is 22.7 Å². The third-order valence-corrected chi connectivity index (χ3v) is 5.02. The number of rotatable bonds is 5. The Labute approximate surface area is 162 Å². The number of hydrogen-bond acceptors (Lipinski definition) is 4. The highest BCUT2D eigenvalue weighted by Gasteiger charge is 2.44. The Morgan fingerprint density at radius 3 is 2.64 bits per heavy atom. The molecular weight excluding hydrogens is 354 g/mol. The molecule has 28 heavy (non-hydrogen) atoms. The lowest BCUT2D eigenvalue weighted by Gasteiger charge is -2.26. The van der Waals surface area contributed by atoms with E-state index in [9.17, 15) is 14.7 Å². The molecule has 1 N–H and O–H groups in total. The Morgan fingerprint density at radius 1 is 1.14 bits per heavy atom. The molecule has 0 spiro atoms. The second-order valence-corrected chi connectivity index (χ2v) is 7.06. The lowest BCUT2D eigenvalue weighted by molar-refractivity contribution is -0.129. The molecule has 1 aliphatic rings. The van der Waals surface area contributed by atoms with Crippen molar-refractivity contribution in [1.82, 2.24) is 4.90 Å². The Balaban J connectivity index is 1.83. The van der Waals surface area contributed by atoms with E-state index >= 15 is 0 Å². The van der Waals surface area contributed by atoms with Crippen molar-refractivity contribution < 1.29 is 19.1 Å². The lowest BCUT2D eigenvalue weighted by Crippen LogP contribution is -2.31. The molecule has 1 aliphatic heterocycles. The molecule has 0 saturated heterocycles. The normalized spacial score (nSPS) is 17.0. The Morgan fingerprint density at radius 2 is 1.93 bits per heavy atom. The van der Waals surface area contributed by atoms with Gasteiger partial charge in [-0.25, -0.2) is 0 Å². The van der Waals surface area contributed by atoms with E-state index in [2.05, 4.69) is 0 Å². The zero-order chi connectivity index (χ0) is 19.8. The van der Waals surface area contributed by atoms with Crippen LogP contribution in [0.25, 0.3) is 11.0 Å². The molecule has 0 aliphatic carbocycles. The lowest BCUT2D eigenvalue weighted by atomic mass is 9.94. The molecule has 2 aromatic carbocycles. The summed E-state index contributed by atoms with van der Waals surface area (Å²) in [4.78, 5) is 27.6. The fourth-order valence-corrected chi connectivity index (χ4v) is 3.77. The zero-order valence-electron chi connectivity index (χ0n) is 15.8. The van der Waals surface area contributed by atoms with Crippen LogP contribution in [-0.2, 0) is 4.79 Å². The van der Waals surface area contributed by atoms with Crippen molar-refractivity contribution in [3.8, 4) is 0 Å². The molecular formula is C23H21NO4. The highest BCUT2D eigenvalue weighted by atomic mass is 16.3. The van der Waals surface area contributed by atoms with E-state index in [1.165, 1.54) is 0 Å². The average molecular weight is 375 g/mol. The number of furan rings is 1. The molecule has 1 atom stereocenters. The number of Topliss-reactive ketones (excluding diaryl/α,β-unsaturated/α-hetero) is 1. The zero-order valence-corrected chi connectivity index (χ0v) is 15.8. The second-order valence-electron chi connectivity index (χ2n) is 7.06. The summed E-state index contributed by atoms with van der Waals surface area (Å²) in [6, 6.07) is 16.0. The van der Waals surface area contributed by atoms with E-state index in [1.54, 1.807) is 17.0 Å². The molecule has 1 aromatic heterocycles. The number of carbonyl (C=O) groups excluding carboxylic acids is 2. The summed E-state index contributed by atoms with van der Waals surface area (Å²) in [6.07, 6.45) is 0.716. The second kappa shape index (κ2) is 7.00. The van der Waals surface area contributed by atoms with E-state index < -0.39 is 23.5 Å². The van der Waals surface area contributed by atoms with Crippen molar-refractivity contribution in [1.29, 1.82) is 0 Å². The number of aryl methyl sites for hydroxylation is 1. The fraction of sp³-hybridized carbons (Fsp3) is 0.217. The van der Waals surface area contributed by atoms with Gasteiger partial charge in [0, 0.05) is 11.9 Å². The first-order valence-electron chi connectivity index (χ1n) is 9.35. The summed E-state index contributed by atoms with van der Waals surface area (Å²) < 4.78 is 5.70. The molecule has 0 saturated carbocycles. The Kier molecular flexibility index (Phi) is 4.51. The van der Waals surface area contributed by atoms with Crippen molar-refractivity contribution in [2.24, 2.45) is 0 Å². The molecule has 0 radical (unpaired) electrons. The standard InChI is InChI=1S/C23H21NO4/c1-3-11-24-20(16-9-6-7-14(2)12-16)19(22(26)23(24)27)21(25)18-13-15-8-4-5-10-17(15)28-18/h4-10,12-13,20,26H,3,11H2,1-2H3. The maximum absolute atomic E-state index is 13.3. The molecule has 0 bridgehead atoms. The molecule has 5 nitrogen and oxygen atoms in total. The minimum Gasteiger partial charge on any atom is -0.503 e. The van der Waals surface area contributed by atoms with Crippen LogP contribution in [0, 0.1) is 6.92 Å². The number of carbonyl (C=O) groups is 2. The first kappa shape index (κ1) is 18.0. The van der Waals surface area contributed by atoms with Crippen LogP contribution < -0.4 is 0 Å². The van der Waals surface area contributed by atoms with Gasteiger partial charge in [-0.2, -0.15) is 0 Å². The number of aliphatic hydroxyl groups is 1. The molecule has 142 valence electrons. The van der Waals surface area contributed by atoms with Crippen LogP contribution >= 0.6 is 0 Å².